The van der Waals surface area contributed by atoms with E-state index in [1.807, 2.05) is 0 Å². The lowest BCUT2D eigenvalue weighted by Gasteiger charge is -2.43. The van der Waals surface area contributed by atoms with Crippen molar-refractivity contribution in [2.45, 2.75) is 64.8 Å². The number of hydrogen-bond acceptors (Lipinski definition) is 2. The zero-order valence-corrected chi connectivity index (χ0v) is 12.0. The van der Waals surface area contributed by atoms with Gasteiger partial charge in [0.15, 0.2) is 0 Å². The number of rotatable bonds is 4. The van der Waals surface area contributed by atoms with Crippen LogP contribution in [0, 0.1) is 11.3 Å². The molecule has 2 atom stereocenters. The minimum absolute atomic E-state index is 0.301. The van der Waals surface area contributed by atoms with E-state index in [1.54, 1.807) is 0 Å². The highest BCUT2D eigenvalue weighted by Gasteiger charge is 2.43. The normalized spacial score (nSPS) is 28.3. The summed E-state index contributed by atoms with van der Waals surface area (Å²) in [6.07, 6.45) is 8.07. The van der Waals surface area contributed by atoms with Crippen LogP contribution in [0.1, 0.15) is 58.8 Å². The Morgan fingerprint density at radius 1 is 1.22 bits per heavy atom. The average molecular weight is 252 g/mol. The summed E-state index contributed by atoms with van der Waals surface area (Å²) in [6.45, 7) is 5.66. The van der Waals surface area contributed by atoms with E-state index < -0.39 is 0 Å². The fourth-order valence-corrected chi connectivity index (χ4v) is 3.94. The smallest absolute Gasteiger partial charge is 0.230 e. The van der Waals surface area contributed by atoms with E-state index in [9.17, 15) is 4.79 Å². The van der Waals surface area contributed by atoms with Gasteiger partial charge in [-0.3, -0.25) is 4.79 Å². The molecule has 3 nitrogen and oxygen atoms in total. The fraction of sp³-hybridized carbons (Fsp3) is 0.933. The highest BCUT2D eigenvalue weighted by molar-refractivity contribution is 5.83. The minimum atomic E-state index is -0.301. The Labute approximate surface area is 111 Å². The molecule has 1 amide bonds. The largest absolute Gasteiger partial charge is 0.339 e. The quantitative estimate of drug-likeness (QED) is 0.835. The van der Waals surface area contributed by atoms with Crippen LogP contribution in [-0.4, -0.2) is 29.9 Å². The van der Waals surface area contributed by atoms with Gasteiger partial charge < -0.3 is 10.6 Å². The molecule has 0 aromatic rings. The van der Waals surface area contributed by atoms with Gasteiger partial charge in [-0.2, -0.15) is 0 Å². The summed E-state index contributed by atoms with van der Waals surface area (Å²) >= 11 is 0. The zero-order chi connectivity index (χ0) is 13.2. The lowest BCUT2D eigenvalue weighted by atomic mass is 9.79. The van der Waals surface area contributed by atoms with E-state index in [0.717, 1.165) is 25.3 Å². The fourth-order valence-electron chi connectivity index (χ4n) is 3.94. The maximum Gasteiger partial charge on any atom is 0.230 e. The van der Waals surface area contributed by atoms with Gasteiger partial charge in [0.1, 0.15) is 0 Å². The Bertz CT molecular complexity index is 291. The SMILES string of the molecule is CCC(CC)(CN)C(=O)N1CCCC2CCCC21. The lowest BCUT2D eigenvalue weighted by molar-refractivity contribution is -0.147. The Kier molecular flexibility index (Phi) is 4.31. The third-order valence-corrected chi connectivity index (χ3v) is 5.45. The molecule has 2 N–H and O–H groups in total. The van der Waals surface area contributed by atoms with Gasteiger partial charge in [-0.25, -0.2) is 0 Å². The number of nitrogens with zero attached hydrogens (tertiary/aromatic N) is 1. The molecular formula is C15H28N2O. The van der Waals surface area contributed by atoms with Crippen molar-refractivity contribution in [2.75, 3.05) is 13.1 Å². The van der Waals surface area contributed by atoms with Gasteiger partial charge in [0.05, 0.1) is 5.41 Å². The van der Waals surface area contributed by atoms with E-state index in [0.29, 0.717) is 18.5 Å². The Hall–Kier alpha value is -0.570. The second-order valence-corrected chi connectivity index (χ2v) is 6.09. The van der Waals surface area contributed by atoms with Gasteiger partial charge in [0.2, 0.25) is 5.91 Å². The summed E-state index contributed by atoms with van der Waals surface area (Å²) in [5.41, 5.74) is 5.62. The molecule has 2 aliphatic rings. The molecule has 1 saturated heterocycles. The first-order valence-corrected chi connectivity index (χ1v) is 7.69. The summed E-state index contributed by atoms with van der Waals surface area (Å²) < 4.78 is 0. The Morgan fingerprint density at radius 3 is 2.50 bits per heavy atom. The Morgan fingerprint density at radius 2 is 1.89 bits per heavy atom. The first-order valence-electron chi connectivity index (χ1n) is 7.69. The van der Waals surface area contributed by atoms with Crippen LogP contribution in [0.3, 0.4) is 0 Å². The molecular weight excluding hydrogens is 224 g/mol. The van der Waals surface area contributed by atoms with Crippen molar-refractivity contribution in [1.29, 1.82) is 0 Å². The van der Waals surface area contributed by atoms with Gasteiger partial charge in [-0.05, 0) is 44.4 Å². The molecule has 104 valence electrons. The number of nitrogens with two attached hydrogens (primary N) is 1. The van der Waals surface area contributed by atoms with E-state index in [1.165, 1.54) is 32.1 Å². The standard InChI is InChI=1S/C15H28N2O/c1-3-15(4-2,11-16)14(18)17-10-6-8-12-7-5-9-13(12)17/h12-13H,3-11,16H2,1-2H3. The van der Waals surface area contributed by atoms with Crippen molar-refractivity contribution in [3.63, 3.8) is 0 Å². The van der Waals surface area contributed by atoms with Crippen LogP contribution in [0.4, 0.5) is 0 Å². The van der Waals surface area contributed by atoms with Crippen molar-refractivity contribution in [3.8, 4) is 0 Å². The van der Waals surface area contributed by atoms with Gasteiger partial charge in [0.25, 0.3) is 0 Å². The van der Waals surface area contributed by atoms with Crippen molar-refractivity contribution < 1.29 is 4.79 Å². The highest BCUT2D eigenvalue weighted by Crippen LogP contribution is 2.39. The van der Waals surface area contributed by atoms with E-state index in [-0.39, 0.29) is 5.41 Å². The van der Waals surface area contributed by atoms with Crippen LogP contribution >= 0.6 is 0 Å². The minimum Gasteiger partial charge on any atom is -0.339 e. The molecule has 3 heteroatoms. The van der Waals surface area contributed by atoms with Crippen molar-refractivity contribution >= 4 is 5.91 Å². The number of likely N-dealkylation sites (tertiary alicyclic amines) is 1. The van der Waals surface area contributed by atoms with Crippen molar-refractivity contribution in [1.82, 2.24) is 4.90 Å². The van der Waals surface area contributed by atoms with Crippen LogP contribution < -0.4 is 5.73 Å². The first-order chi connectivity index (χ1) is 8.68. The molecule has 1 aliphatic heterocycles. The number of carbonyl (C=O) groups excluding carboxylic acids is 1. The molecule has 0 spiro atoms. The predicted octanol–water partition coefficient (Wildman–Crippen LogP) is 2.54. The summed E-state index contributed by atoms with van der Waals surface area (Å²) in [7, 11) is 0. The van der Waals surface area contributed by atoms with E-state index in [2.05, 4.69) is 18.7 Å². The second kappa shape index (κ2) is 5.60. The number of hydrogen-bond donors (Lipinski definition) is 1. The summed E-state index contributed by atoms with van der Waals surface area (Å²) in [5.74, 6) is 1.11. The maximum atomic E-state index is 12.9. The predicted molar refractivity (Wildman–Crippen MR) is 74.1 cm³/mol. The summed E-state index contributed by atoms with van der Waals surface area (Å²) in [5, 5.41) is 0. The molecule has 0 radical (unpaired) electrons. The lowest BCUT2D eigenvalue weighted by Crippen LogP contribution is -2.54. The summed E-state index contributed by atoms with van der Waals surface area (Å²) in [4.78, 5) is 15.1. The molecule has 0 aromatic carbocycles. The second-order valence-electron chi connectivity index (χ2n) is 6.09. The van der Waals surface area contributed by atoms with Gasteiger partial charge >= 0.3 is 0 Å². The monoisotopic (exact) mass is 252 g/mol. The van der Waals surface area contributed by atoms with E-state index >= 15 is 0 Å². The van der Waals surface area contributed by atoms with E-state index in [4.69, 9.17) is 5.73 Å². The molecule has 2 unspecified atom stereocenters. The number of carbonyl (C=O) groups is 1. The molecule has 2 fully saturated rings. The average Bonchev–Trinajstić information content (AvgIpc) is 2.89. The van der Waals surface area contributed by atoms with Crippen LogP contribution in [0.15, 0.2) is 0 Å². The molecule has 0 aromatic heterocycles. The maximum absolute atomic E-state index is 12.9. The summed E-state index contributed by atoms with van der Waals surface area (Å²) in [6, 6.07) is 0.523. The van der Waals surface area contributed by atoms with Crippen molar-refractivity contribution in [2.24, 2.45) is 17.1 Å². The molecule has 1 heterocycles. The highest BCUT2D eigenvalue weighted by atomic mass is 16.2. The molecule has 1 saturated carbocycles. The van der Waals surface area contributed by atoms with Gasteiger partial charge in [0, 0.05) is 19.1 Å². The number of fused-ring (bicyclic) bond motifs is 1. The zero-order valence-electron chi connectivity index (χ0n) is 12.0. The first kappa shape index (κ1) is 13.9. The third kappa shape index (κ3) is 2.18. The van der Waals surface area contributed by atoms with Gasteiger partial charge in [-0.1, -0.05) is 20.3 Å². The van der Waals surface area contributed by atoms with Crippen LogP contribution in [0.2, 0.25) is 0 Å². The number of amides is 1. The number of piperidine rings is 1. The van der Waals surface area contributed by atoms with Crippen LogP contribution in [-0.2, 0) is 4.79 Å². The molecule has 1 aliphatic carbocycles. The van der Waals surface area contributed by atoms with Crippen molar-refractivity contribution in [3.05, 3.63) is 0 Å². The topological polar surface area (TPSA) is 46.3 Å². The van der Waals surface area contributed by atoms with Gasteiger partial charge in [-0.15, -0.1) is 0 Å². The molecule has 2 rings (SSSR count). The molecule has 18 heavy (non-hydrogen) atoms. The Balaban J connectivity index is 2.16. The molecule has 0 bridgehead atoms. The van der Waals surface area contributed by atoms with Crippen LogP contribution in [0.25, 0.3) is 0 Å². The van der Waals surface area contributed by atoms with Crippen LogP contribution in [0.5, 0.6) is 0 Å². The third-order valence-electron chi connectivity index (χ3n) is 5.45.